The number of rotatable bonds is 2. The van der Waals surface area contributed by atoms with E-state index in [4.69, 9.17) is 0 Å². The number of halogens is 2. The summed E-state index contributed by atoms with van der Waals surface area (Å²) < 4.78 is 47.2. The summed E-state index contributed by atoms with van der Waals surface area (Å²) in [5.74, 6) is 0. The summed E-state index contributed by atoms with van der Waals surface area (Å²) in [5, 5.41) is -3.97. The van der Waals surface area contributed by atoms with Crippen LogP contribution in [0.2, 0.25) is 0 Å². The van der Waals surface area contributed by atoms with E-state index in [9.17, 15) is 17.2 Å². The first kappa shape index (κ1) is 9.97. The molecule has 0 bridgehead atoms. The van der Waals surface area contributed by atoms with Crippen molar-refractivity contribution in [3.8, 4) is 0 Å². The van der Waals surface area contributed by atoms with Crippen molar-refractivity contribution >= 4 is 9.84 Å². The molecule has 0 atom stereocenters. The second-order valence-electron chi connectivity index (χ2n) is 2.38. The average molecular weight is 208 g/mol. The van der Waals surface area contributed by atoms with Crippen LogP contribution in [0.4, 0.5) is 8.78 Å². The predicted octanol–water partition coefficient (Wildman–Crippen LogP) is 0.571. The molecule has 0 aliphatic heterocycles. The molecule has 0 saturated carbocycles. The first-order valence-electron chi connectivity index (χ1n) is 3.19. The van der Waals surface area contributed by atoms with Crippen LogP contribution in [0.3, 0.4) is 0 Å². The topological polar surface area (TPSA) is 59.9 Å². The van der Waals surface area contributed by atoms with Gasteiger partial charge in [0.15, 0.2) is 0 Å². The van der Waals surface area contributed by atoms with Gasteiger partial charge in [-0.2, -0.15) is 8.78 Å². The van der Waals surface area contributed by atoms with Crippen molar-refractivity contribution in [3.05, 3.63) is 24.3 Å². The Hall–Kier alpha value is -1.11. The lowest BCUT2D eigenvalue weighted by atomic mass is 10.5. The molecule has 0 fully saturated rings. The third-order valence-electron chi connectivity index (χ3n) is 1.33. The van der Waals surface area contributed by atoms with Gasteiger partial charge in [-0.25, -0.2) is 8.42 Å². The Morgan fingerprint density at radius 3 is 2.38 bits per heavy atom. The molecule has 1 rings (SSSR count). The molecule has 0 aromatic carbocycles. The van der Waals surface area contributed by atoms with E-state index in [1.54, 1.807) is 0 Å². The van der Waals surface area contributed by atoms with E-state index < -0.39 is 20.8 Å². The third-order valence-corrected chi connectivity index (χ3v) is 2.47. The molecule has 1 heterocycles. The zero-order chi connectivity index (χ0) is 10.1. The summed E-state index contributed by atoms with van der Waals surface area (Å²) in [7, 11) is -4.49. The Balaban J connectivity index is 3.24. The Morgan fingerprint density at radius 2 is 2.00 bits per heavy atom. The lowest BCUT2D eigenvalue weighted by molar-refractivity contribution is 0.0861. The Morgan fingerprint density at radius 1 is 1.38 bits per heavy atom. The fourth-order valence-corrected chi connectivity index (χ4v) is 1.12. The van der Waals surface area contributed by atoms with Crippen molar-refractivity contribution in [2.45, 2.75) is 5.25 Å². The van der Waals surface area contributed by atoms with Gasteiger partial charge in [0.2, 0.25) is 9.84 Å². The minimum Gasteiger partial charge on any atom is -0.261 e. The molecule has 4 nitrogen and oxygen atoms in total. The van der Waals surface area contributed by atoms with E-state index in [2.05, 4.69) is 9.97 Å². The first-order chi connectivity index (χ1) is 5.86. The molecular weight excluding hydrogens is 202 g/mol. The minimum absolute atomic E-state index is 0.446. The normalized spacial score (nSPS) is 12.8. The van der Waals surface area contributed by atoms with Gasteiger partial charge >= 0.3 is 5.25 Å². The highest BCUT2D eigenvalue weighted by Crippen LogP contribution is 2.30. The van der Waals surface area contributed by atoms with Crippen LogP contribution in [0.5, 0.6) is 0 Å². The number of sulfone groups is 1. The second kappa shape index (κ2) is 2.99. The fraction of sp³-hybridized carbons (Fsp3) is 0.333. The van der Waals surface area contributed by atoms with Crippen molar-refractivity contribution in [2.75, 3.05) is 6.26 Å². The van der Waals surface area contributed by atoms with E-state index in [-0.39, 0.29) is 0 Å². The van der Waals surface area contributed by atoms with Gasteiger partial charge in [-0.15, -0.1) is 0 Å². The molecule has 0 N–H and O–H groups in total. The van der Waals surface area contributed by atoms with Crippen LogP contribution >= 0.6 is 0 Å². The van der Waals surface area contributed by atoms with Gasteiger partial charge in [-0.05, 0) is 0 Å². The highest BCUT2D eigenvalue weighted by Gasteiger charge is 2.45. The predicted molar refractivity (Wildman–Crippen MR) is 40.8 cm³/mol. The van der Waals surface area contributed by atoms with Crippen molar-refractivity contribution in [1.29, 1.82) is 0 Å². The van der Waals surface area contributed by atoms with Crippen molar-refractivity contribution in [2.24, 2.45) is 0 Å². The van der Waals surface area contributed by atoms with E-state index >= 15 is 0 Å². The maximum Gasteiger partial charge on any atom is 0.388 e. The molecule has 1 aromatic heterocycles. The zero-order valence-corrected chi connectivity index (χ0v) is 7.42. The van der Waals surface area contributed by atoms with E-state index in [1.165, 1.54) is 6.20 Å². The molecule has 0 aliphatic rings. The average Bonchev–Trinajstić information content (AvgIpc) is 2.04. The molecule has 0 aliphatic carbocycles. The van der Waals surface area contributed by atoms with Gasteiger partial charge in [0.05, 0.1) is 6.20 Å². The number of aromatic nitrogens is 2. The summed E-state index contributed by atoms with van der Waals surface area (Å²) in [6.45, 7) is 0. The highest BCUT2D eigenvalue weighted by atomic mass is 32.2. The Kier molecular flexibility index (Phi) is 2.29. The maximum atomic E-state index is 13.0. The lowest BCUT2D eigenvalue weighted by Crippen LogP contribution is -2.26. The van der Waals surface area contributed by atoms with Gasteiger partial charge in [-0.1, -0.05) is 0 Å². The molecule has 0 unspecified atom stereocenters. The van der Waals surface area contributed by atoms with Crippen LogP contribution in [-0.4, -0.2) is 24.6 Å². The smallest absolute Gasteiger partial charge is 0.261 e. The van der Waals surface area contributed by atoms with Crippen LogP contribution in [0.1, 0.15) is 5.69 Å². The van der Waals surface area contributed by atoms with Gasteiger partial charge in [0.1, 0.15) is 5.69 Å². The molecule has 13 heavy (non-hydrogen) atoms. The standard InChI is InChI=1S/C6H6F2N2O2S/c1-13(11,12)6(7,8)5-4-9-2-3-10-5/h2-4H,1H3. The fourth-order valence-electron chi connectivity index (χ4n) is 0.639. The number of alkyl halides is 2. The SMILES string of the molecule is CS(=O)(=O)C(F)(F)c1cnccn1. The van der Waals surface area contributed by atoms with Gasteiger partial charge in [0, 0.05) is 18.6 Å². The summed E-state index contributed by atoms with van der Waals surface area (Å²) in [6.07, 6.45) is 3.36. The second-order valence-corrected chi connectivity index (χ2v) is 4.44. The van der Waals surface area contributed by atoms with Crippen LogP contribution in [-0.2, 0) is 15.1 Å². The number of nitrogens with zero attached hydrogens (tertiary/aromatic N) is 2. The van der Waals surface area contributed by atoms with Crippen LogP contribution in [0, 0.1) is 0 Å². The Labute approximate surface area is 73.6 Å². The summed E-state index contributed by atoms with van der Waals surface area (Å²) in [5.41, 5.74) is -0.863. The number of hydrogen-bond acceptors (Lipinski definition) is 4. The highest BCUT2D eigenvalue weighted by molar-refractivity contribution is 7.91. The van der Waals surface area contributed by atoms with Crippen molar-refractivity contribution in [1.82, 2.24) is 9.97 Å². The van der Waals surface area contributed by atoms with Gasteiger partial charge in [0.25, 0.3) is 0 Å². The zero-order valence-electron chi connectivity index (χ0n) is 6.61. The van der Waals surface area contributed by atoms with E-state index in [1.807, 2.05) is 0 Å². The molecule has 0 amide bonds. The third kappa shape index (κ3) is 1.80. The Bertz CT molecular complexity index is 390. The molecule has 72 valence electrons. The van der Waals surface area contributed by atoms with Gasteiger partial charge in [-0.3, -0.25) is 9.97 Å². The van der Waals surface area contributed by atoms with Crippen molar-refractivity contribution in [3.63, 3.8) is 0 Å². The van der Waals surface area contributed by atoms with E-state index in [0.717, 1.165) is 12.4 Å². The molecule has 0 saturated heterocycles. The summed E-state index contributed by atoms with van der Waals surface area (Å²) in [6, 6.07) is 0. The monoisotopic (exact) mass is 208 g/mol. The van der Waals surface area contributed by atoms with Crippen LogP contribution < -0.4 is 0 Å². The van der Waals surface area contributed by atoms with Crippen molar-refractivity contribution < 1.29 is 17.2 Å². The maximum absolute atomic E-state index is 13.0. The van der Waals surface area contributed by atoms with Crippen LogP contribution in [0.15, 0.2) is 18.6 Å². The van der Waals surface area contributed by atoms with Crippen LogP contribution in [0.25, 0.3) is 0 Å². The molecular formula is C6H6F2N2O2S. The van der Waals surface area contributed by atoms with E-state index in [0.29, 0.717) is 6.26 Å². The summed E-state index contributed by atoms with van der Waals surface area (Å²) >= 11 is 0. The van der Waals surface area contributed by atoms with Gasteiger partial charge < -0.3 is 0 Å². The summed E-state index contributed by atoms with van der Waals surface area (Å²) in [4.78, 5) is 6.58. The minimum atomic E-state index is -4.49. The molecule has 1 aromatic rings. The molecule has 7 heteroatoms. The molecule has 0 radical (unpaired) electrons. The largest absolute Gasteiger partial charge is 0.388 e. The quantitative estimate of drug-likeness (QED) is 0.712. The lowest BCUT2D eigenvalue weighted by Gasteiger charge is -2.11. The number of hydrogen-bond donors (Lipinski definition) is 0. The first-order valence-corrected chi connectivity index (χ1v) is 5.09. The molecule has 0 spiro atoms.